The van der Waals surface area contributed by atoms with Gasteiger partial charge < -0.3 is 15.4 Å². The highest BCUT2D eigenvalue weighted by Crippen LogP contribution is 2.34. The molecule has 0 saturated heterocycles. The molecule has 0 aliphatic carbocycles. The maximum absolute atomic E-state index is 13.2. The van der Waals surface area contributed by atoms with Gasteiger partial charge in [-0.3, -0.25) is 14.9 Å². The van der Waals surface area contributed by atoms with Crippen molar-refractivity contribution in [1.82, 2.24) is 35.7 Å². The molecule has 4 aromatic rings. The Morgan fingerprint density at radius 2 is 1.98 bits per heavy atom. The van der Waals surface area contributed by atoms with Crippen LogP contribution in [0.4, 0.5) is 16.2 Å². The van der Waals surface area contributed by atoms with Crippen molar-refractivity contribution in [2.24, 2.45) is 0 Å². The molecule has 3 heterocycles. The van der Waals surface area contributed by atoms with E-state index in [0.717, 1.165) is 0 Å². The standard InChI is InChI=1S/C29H25Cl2N9O4/c1-44-29(43)33-19-9-10-20-23(14-19)35-26(41)6-4-2-3-5-22(21-15-24(20)36-37-28(21)31)34-27(42)12-7-17-13-18(30)8-11-25(17)40-16-32-38-39-40/h2-3,7-16,22H,4-6H2,1H3,(H,33,43)(H,34,42)(H,35,41). The first-order valence-corrected chi connectivity index (χ1v) is 14.0. The average Bonchev–Trinajstić information content (AvgIpc) is 3.54. The van der Waals surface area contributed by atoms with Crippen LogP contribution >= 0.6 is 23.2 Å². The quantitative estimate of drug-likeness (QED) is 0.199. The van der Waals surface area contributed by atoms with E-state index in [9.17, 15) is 14.4 Å². The van der Waals surface area contributed by atoms with Crippen molar-refractivity contribution in [3.8, 4) is 16.9 Å². The molecule has 1 aliphatic heterocycles. The summed E-state index contributed by atoms with van der Waals surface area (Å²) in [5, 5.41) is 28.7. The molecule has 2 aromatic carbocycles. The van der Waals surface area contributed by atoms with Gasteiger partial charge in [0.15, 0.2) is 5.15 Å². The number of tetrazole rings is 1. The number of nitrogens with one attached hydrogen (secondary N) is 3. The summed E-state index contributed by atoms with van der Waals surface area (Å²) in [6, 6.07) is 11.2. The Hall–Kier alpha value is -5.14. The van der Waals surface area contributed by atoms with E-state index < -0.39 is 18.0 Å². The van der Waals surface area contributed by atoms with Crippen LogP contribution in [0.25, 0.3) is 23.0 Å². The number of hydrogen-bond acceptors (Lipinski definition) is 9. The fourth-order valence-electron chi connectivity index (χ4n) is 4.45. The minimum atomic E-state index is -0.658. The van der Waals surface area contributed by atoms with E-state index in [2.05, 4.69) is 46.4 Å². The van der Waals surface area contributed by atoms with Crippen molar-refractivity contribution < 1.29 is 19.1 Å². The number of halogens is 2. The topological polar surface area (TPSA) is 166 Å². The number of carbonyl (C=O) groups is 3. The summed E-state index contributed by atoms with van der Waals surface area (Å²) >= 11 is 12.7. The van der Waals surface area contributed by atoms with Crippen LogP contribution < -0.4 is 16.0 Å². The summed E-state index contributed by atoms with van der Waals surface area (Å²) in [5.74, 6) is -0.634. The highest BCUT2D eigenvalue weighted by molar-refractivity contribution is 6.31. The van der Waals surface area contributed by atoms with Crippen LogP contribution in [0.15, 0.2) is 67.0 Å². The lowest BCUT2D eigenvalue weighted by molar-refractivity contribution is -0.117. The number of fused-ring (bicyclic) bond motifs is 4. The molecule has 224 valence electrons. The van der Waals surface area contributed by atoms with Crippen molar-refractivity contribution >= 4 is 58.6 Å². The highest BCUT2D eigenvalue weighted by Gasteiger charge is 2.21. The van der Waals surface area contributed by atoms with Crippen LogP contribution in [-0.4, -0.2) is 55.4 Å². The third-order valence-corrected chi connectivity index (χ3v) is 7.07. The molecular weight excluding hydrogens is 609 g/mol. The lowest BCUT2D eigenvalue weighted by Gasteiger charge is -2.19. The Labute approximate surface area is 261 Å². The zero-order valence-electron chi connectivity index (χ0n) is 23.2. The number of allylic oxidation sites excluding steroid dienone is 1. The van der Waals surface area contributed by atoms with E-state index in [1.807, 2.05) is 12.2 Å². The van der Waals surface area contributed by atoms with E-state index in [4.69, 9.17) is 23.2 Å². The lowest BCUT2D eigenvalue weighted by atomic mass is 10.0. The molecule has 15 heteroatoms. The van der Waals surface area contributed by atoms with Gasteiger partial charge in [-0.1, -0.05) is 35.4 Å². The smallest absolute Gasteiger partial charge is 0.411 e. The van der Waals surface area contributed by atoms with E-state index in [-0.39, 0.29) is 17.5 Å². The fraction of sp³-hybridized carbons (Fsp3) is 0.172. The molecule has 0 fully saturated rings. The minimum absolute atomic E-state index is 0.108. The number of anilines is 2. The molecule has 0 saturated carbocycles. The van der Waals surface area contributed by atoms with E-state index >= 15 is 0 Å². The normalized spacial score (nSPS) is 14.9. The molecule has 1 aliphatic rings. The number of amides is 3. The number of methoxy groups -OCH3 is 1. The molecule has 0 spiro atoms. The first-order valence-electron chi connectivity index (χ1n) is 13.3. The van der Waals surface area contributed by atoms with E-state index in [1.165, 1.54) is 24.2 Å². The van der Waals surface area contributed by atoms with Crippen LogP contribution in [0.2, 0.25) is 10.2 Å². The predicted molar refractivity (Wildman–Crippen MR) is 164 cm³/mol. The molecule has 13 nitrogen and oxygen atoms in total. The van der Waals surface area contributed by atoms with Crippen LogP contribution in [0.3, 0.4) is 0 Å². The molecule has 44 heavy (non-hydrogen) atoms. The van der Waals surface area contributed by atoms with Crippen molar-refractivity contribution in [2.45, 2.75) is 25.3 Å². The van der Waals surface area contributed by atoms with Crippen LogP contribution in [-0.2, 0) is 14.3 Å². The lowest BCUT2D eigenvalue weighted by Crippen LogP contribution is -2.27. The third-order valence-electron chi connectivity index (χ3n) is 6.55. The van der Waals surface area contributed by atoms with Gasteiger partial charge in [-0.05, 0) is 71.8 Å². The van der Waals surface area contributed by atoms with Gasteiger partial charge in [-0.25, -0.2) is 4.79 Å². The first-order chi connectivity index (χ1) is 21.3. The molecule has 2 aromatic heterocycles. The number of aromatic nitrogens is 6. The van der Waals surface area contributed by atoms with Gasteiger partial charge in [0.2, 0.25) is 11.8 Å². The minimum Gasteiger partial charge on any atom is -0.453 e. The zero-order valence-corrected chi connectivity index (χ0v) is 24.7. The van der Waals surface area contributed by atoms with Gasteiger partial charge in [-0.15, -0.1) is 15.3 Å². The Balaban J connectivity index is 1.47. The van der Waals surface area contributed by atoms with Crippen molar-refractivity contribution in [1.29, 1.82) is 0 Å². The second-order valence-electron chi connectivity index (χ2n) is 9.50. The highest BCUT2D eigenvalue weighted by atomic mass is 35.5. The summed E-state index contributed by atoms with van der Waals surface area (Å²) in [4.78, 5) is 37.7. The SMILES string of the molecule is COC(=O)Nc1ccc2c(c1)NC(=O)CCC=CCC(NC(=O)C=Cc1cc(Cl)ccc1-n1cnnn1)c1cc-2nnc1Cl. The van der Waals surface area contributed by atoms with Crippen LogP contribution in [0.5, 0.6) is 0 Å². The monoisotopic (exact) mass is 633 g/mol. The molecule has 2 bridgehead atoms. The summed E-state index contributed by atoms with van der Waals surface area (Å²) in [5.41, 5.74) is 3.51. The number of ether oxygens (including phenoxy) is 1. The van der Waals surface area contributed by atoms with Gasteiger partial charge in [0.25, 0.3) is 0 Å². The number of nitrogens with zero attached hydrogens (tertiary/aromatic N) is 6. The molecule has 1 atom stereocenters. The maximum atomic E-state index is 13.2. The third kappa shape index (κ3) is 7.43. The first kappa shape index (κ1) is 30.3. The van der Waals surface area contributed by atoms with E-state index in [0.29, 0.717) is 57.3 Å². The molecule has 3 N–H and O–H groups in total. The molecule has 3 amide bonds. The van der Waals surface area contributed by atoms with Gasteiger partial charge >= 0.3 is 6.09 Å². The molecule has 5 rings (SSSR count). The van der Waals surface area contributed by atoms with Gasteiger partial charge in [-0.2, -0.15) is 4.68 Å². The summed E-state index contributed by atoms with van der Waals surface area (Å²) in [7, 11) is 1.25. The summed E-state index contributed by atoms with van der Waals surface area (Å²) in [6.45, 7) is 0. The Morgan fingerprint density at radius 3 is 2.77 bits per heavy atom. The van der Waals surface area contributed by atoms with Crippen LogP contribution in [0.1, 0.15) is 36.4 Å². The predicted octanol–water partition coefficient (Wildman–Crippen LogP) is 5.15. The summed E-state index contributed by atoms with van der Waals surface area (Å²) < 4.78 is 6.13. The van der Waals surface area contributed by atoms with Crippen molar-refractivity contribution in [3.63, 3.8) is 0 Å². The van der Waals surface area contributed by atoms with Crippen molar-refractivity contribution in [2.75, 3.05) is 17.7 Å². The molecule has 0 radical (unpaired) electrons. The Morgan fingerprint density at radius 1 is 1.11 bits per heavy atom. The molecule has 1 unspecified atom stereocenters. The number of carbonyl (C=O) groups excluding carboxylic acids is 3. The number of benzene rings is 2. The molecular formula is C29H25Cl2N9O4. The van der Waals surface area contributed by atoms with Crippen molar-refractivity contribution in [3.05, 3.63) is 88.3 Å². The maximum Gasteiger partial charge on any atom is 0.411 e. The Bertz CT molecular complexity index is 1760. The number of hydrogen-bond donors (Lipinski definition) is 3. The second kappa shape index (κ2) is 13.9. The van der Waals surface area contributed by atoms with Crippen LogP contribution in [0, 0.1) is 0 Å². The fourth-order valence-corrected chi connectivity index (χ4v) is 4.85. The Kier molecular flexibility index (Phi) is 9.57. The summed E-state index contributed by atoms with van der Waals surface area (Å²) in [6.07, 6.45) is 8.53. The largest absolute Gasteiger partial charge is 0.453 e. The van der Waals surface area contributed by atoms with Gasteiger partial charge in [0, 0.05) is 39.9 Å². The van der Waals surface area contributed by atoms with Gasteiger partial charge in [0.1, 0.15) is 6.33 Å². The second-order valence-corrected chi connectivity index (χ2v) is 10.3. The zero-order chi connectivity index (χ0) is 31.1. The average molecular weight is 634 g/mol. The van der Waals surface area contributed by atoms with E-state index in [1.54, 1.807) is 48.5 Å². The number of rotatable bonds is 5. The van der Waals surface area contributed by atoms with Gasteiger partial charge in [0.05, 0.1) is 30.2 Å².